The molecular formula is C17H21N3O2. The molecular weight excluding hydrogens is 278 g/mol. The van der Waals surface area contributed by atoms with Crippen molar-refractivity contribution in [2.24, 2.45) is 5.73 Å². The number of likely N-dealkylation sites (tertiary alicyclic amines) is 1. The van der Waals surface area contributed by atoms with Crippen LogP contribution in [-0.2, 0) is 11.3 Å². The first kappa shape index (κ1) is 14.8. The normalized spacial score (nSPS) is 22.8. The number of nitrogens with zero attached hydrogens (tertiary/aromatic N) is 1. The number of aromatic amines is 1. The molecule has 0 saturated carbocycles. The molecule has 2 heterocycles. The second-order valence-corrected chi connectivity index (χ2v) is 6.23. The minimum Gasteiger partial charge on any atom is -0.368 e. The maximum atomic E-state index is 12.3. The molecule has 1 unspecified atom stereocenters. The van der Waals surface area contributed by atoms with E-state index in [1.807, 2.05) is 42.2 Å². The molecule has 5 nitrogen and oxygen atoms in total. The Balaban J connectivity index is 1.96. The van der Waals surface area contributed by atoms with Gasteiger partial charge in [0.25, 0.3) is 5.56 Å². The number of primary amides is 1. The van der Waals surface area contributed by atoms with E-state index in [1.165, 1.54) is 0 Å². The van der Waals surface area contributed by atoms with E-state index in [0.717, 1.165) is 36.7 Å². The van der Waals surface area contributed by atoms with Gasteiger partial charge in [0, 0.05) is 17.6 Å². The quantitative estimate of drug-likeness (QED) is 0.906. The van der Waals surface area contributed by atoms with Crippen molar-refractivity contribution in [1.29, 1.82) is 0 Å². The number of nitrogens with two attached hydrogens (primary N) is 1. The Morgan fingerprint density at radius 2 is 2.14 bits per heavy atom. The van der Waals surface area contributed by atoms with Crippen molar-refractivity contribution in [3.05, 3.63) is 46.2 Å². The molecule has 0 bridgehead atoms. The van der Waals surface area contributed by atoms with Crippen molar-refractivity contribution >= 4 is 16.8 Å². The average molecular weight is 299 g/mol. The zero-order valence-corrected chi connectivity index (χ0v) is 12.8. The van der Waals surface area contributed by atoms with Gasteiger partial charge in [0.2, 0.25) is 5.91 Å². The largest absolute Gasteiger partial charge is 0.368 e. The molecule has 1 aliphatic heterocycles. The fraction of sp³-hybridized carbons (Fsp3) is 0.412. The third-order valence-corrected chi connectivity index (χ3v) is 4.76. The zero-order chi connectivity index (χ0) is 15.7. The van der Waals surface area contributed by atoms with Crippen LogP contribution in [0.3, 0.4) is 0 Å². The SMILES string of the molecule is CC1(C(N)=O)CCCCN1Cc1cc2ccccc2[nH]c1=O. The number of H-pyrrole nitrogens is 1. The lowest BCUT2D eigenvalue weighted by Crippen LogP contribution is -2.57. The number of aromatic nitrogens is 1. The minimum absolute atomic E-state index is 0.101. The molecule has 1 aromatic carbocycles. The highest BCUT2D eigenvalue weighted by molar-refractivity contribution is 5.84. The lowest BCUT2D eigenvalue weighted by molar-refractivity contribution is -0.132. The molecule has 1 fully saturated rings. The lowest BCUT2D eigenvalue weighted by atomic mass is 9.87. The maximum Gasteiger partial charge on any atom is 0.252 e. The van der Waals surface area contributed by atoms with Crippen LogP contribution >= 0.6 is 0 Å². The second-order valence-electron chi connectivity index (χ2n) is 6.23. The summed E-state index contributed by atoms with van der Waals surface area (Å²) >= 11 is 0. The summed E-state index contributed by atoms with van der Waals surface area (Å²) in [5, 5.41) is 0.995. The van der Waals surface area contributed by atoms with Crippen LogP contribution in [0.15, 0.2) is 35.1 Å². The Bertz CT molecular complexity index is 768. The smallest absolute Gasteiger partial charge is 0.252 e. The number of piperidine rings is 1. The van der Waals surface area contributed by atoms with Crippen LogP contribution < -0.4 is 11.3 Å². The fourth-order valence-corrected chi connectivity index (χ4v) is 3.22. The highest BCUT2D eigenvalue weighted by atomic mass is 16.1. The highest BCUT2D eigenvalue weighted by Crippen LogP contribution is 2.29. The summed E-state index contributed by atoms with van der Waals surface area (Å²) < 4.78 is 0. The summed E-state index contributed by atoms with van der Waals surface area (Å²) in [6.07, 6.45) is 2.76. The van der Waals surface area contributed by atoms with Gasteiger partial charge in [-0.25, -0.2) is 0 Å². The second kappa shape index (κ2) is 5.57. The molecule has 1 aliphatic rings. The van der Waals surface area contributed by atoms with Crippen molar-refractivity contribution in [2.75, 3.05) is 6.54 Å². The van der Waals surface area contributed by atoms with Gasteiger partial charge in [0.15, 0.2) is 0 Å². The Morgan fingerprint density at radius 3 is 2.91 bits per heavy atom. The van der Waals surface area contributed by atoms with E-state index in [-0.39, 0.29) is 11.5 Å². The molecule has 1 atom stereocenters. The zero-order valence-electron chi connectivity index (χ0n) is 12.8. The van der Waals surface area contributed by atoms with E-state index in [0.29, 0.717) is 12.1 Å². The third-order valence-electron chi connectivity index (χ3n) is 4.76. The molecule has 1 aromatic heterocycles. The van der Waals surface area contributed by atoms with E-state index in [4.69, 9.17) is 5.73 Å². The molecule has 5 heteroatoms. The van der Waals surface area contributed by atoms with E-state index >= 15 is 0 Å². The van der Waals surface area contributed by atoms with Crippen molar-refractivity contribution in [1.82, 2.24) is 9.88 Å². The van der Waals surface area contributed by atoms with Gasteiger partial charge in [-0.1, -0.05) is 18.2 Å². The van der Waals surface area contributed by atoms with Crippen LogP contribution in [0.5, 0.6) is 0 Å². The predicted molar refractivity (Wildman–Crippen MR) is 86.4 cm³/mol. The van der Waals surface area contributed by atoms with E-state index in [1.54, 1.807) is 0 Å². The van der Waals surface area contributed by atoms with Crippen LogP contribution in [0.25, 0.3) is 10.9 Å². The summed E-state index contributed by atoms with van der Waals surface area (Å²) in [4.78, 5) is 29.1. The molecule has 3 N–H and O–H groups in total. The highest BCUT2D eigenvalue weighted by Gasteiger charge is 2.39. The van der Waals surface area contributed by atoms with E-state index in [2.05, 4.69) is 4.98 Å². The standard InChI is InChI=1S/C17H21N3O2/c1-17(16(18)22)8-4-5-9-20(17)11-13-10-12-6-2-3-7-14(12)19-15(13)21/h2-3,6-7,10H,4-5,8-9,11H2,1H3,(H2,18,22)(H,19,21). The predicted octanol–water partition coefficient (Wildman–Crippen LogP) is 1.76. The Hall–Kier alpha value is -2.14. The van der Waals surface area contributed by atoms with E-state index in [9.17, 15) is 9.59 Å². The fourth-order valence-electron chi connectivity index (χ4n) is 3.22. The lowest BCUT2D eigenvalue weighted by Gasteiger charge is -2.42. The van der Waals surface area contributed by atoms with Gasteiger partial charge in [0.1, 0.15) is 0 Å². The Morgan fingerprint density at radius 1 is 1.36 bits per heavy atom. The van der Waals surface area contributed by atoms with Crippen LogP contribution in [0.2, 0.25) is 0 Å². The molecule has 22 heavy (non-hydrogen) atoms. The summed E-state index contributed by atoms with van der Waals surface area (Å²) in [5.41, 5.74) is 6.34. The maximum absolute atomic E-state index is 12.3. The first-order valence-electron chi connectivity index (χ1n) is 7.66. The van der Waals surface area contributed by atoms with Gasteiger partial charge >= 0.3 is 0 Å². The molecule has 3 rings (SSSR count). The number of carbonyl (C=O) groups excluding carboxylic acids is 1. The number of para-hydroxylation sites is 1. The third kappa shape index (κ3) is 2.52. The molecule has 0 spiro atoms. The number of benzene rings is 1. The van der Waals surface area contributed by atoms with Gasteiger partial charge < -0.3 is 10.7 Å². The van der Waals surface area contributed by atoms with Crippen LogP contribution in [0.1, 0.15) is 31.7 Å². The van der Waals surface area contributed by atoms with Crippen LogP contribution in [-0.4, -0.2) is 27.9 Å². The topological polar surface area (TPSA) is 79.2 Å². The molecule has 0 aliphatic carbocycles. The average Bonchev–Trinajstić information content (AvgIpc) is 2.50. The van der Waals surface area contributed by atoms with Gasteiger partial charge in [-0.3, -0.25) is 14.5 Å². The number of pyridine rings is 1. The molecule has 116 valence electrons. The Kier molecular flexibility index (Phi) is 3.74. The molecule has 0 radical (unpaired) electrons. The number of carbonyl (C=O) groups is 1. The number of nitrogens with one attached hydrogen (secondary N) is 1. The first-order valence-corrected chi connectivity index (χ1v) is 7.66. The van der Waals surface area contributed by atoms with Crippen LogP contribution in [0.4, 0.5) is 0 Å². The van der Waals surface area contributed by atoms with Gasteiger partial charge in [-0.2, -0.15) is 0 Å². The molecule has 1 amide bonds. The molecule has 1 saturated heterocycles. The van der Waals surface area contributed by atoms with E-state index < -0.39 is 5.54 Å². The summed E-state index contributed by atoms with van der Waals surface area (Å²) in [6.45, 7) is 3.11. The van der Waals surface area contributed by atoms with Gasteiger partial charge in [-0.05, 0) is 50.2 Å². The number of rotatable bonds is 3. The Labute approximate surface area is 129 Å². The number of fused-ring (bicyclic) bond motifs is 1. The van der Waals surface area contributed by atoms with Gasteiger partial charge in [0.05, 0.1) is 5.54 Å². The van der Waals surface area contributed by atoms with Gasteiger partial charge in [-0.15, -0.1) is 0 Å². The number of hydrogen-bond donors (Lipinski definition) is 2. The van der Waals surface area contributed by atoms with Crippen molar-refractivity contribution < 1.29 is 4.79 Å². The first-order chi connectivity index (χ1) is 10.5. The molecule has 2 aromatic rings. The summed E-state index contributed by atoms with van der Waals surface area (Å²) in [5.74, 6) is -0.315. The van der Waals surface area contributed by atoms with Crippen molar-refractivity contribution in [2.45, 2.75) is 38.3 Å². The minimum atomic E-state index is -0.670. The summed E-state index contributed by atoms with van der Waals surface area (Å²) in [7, 11) is 0. The van der Waals surface area contributed by atoms with Crippen molar-refractivity contribution in [3.63, 3.8) is 0 Å². The monoisotopic (exact) mass is 299 g/mol. The van der Waals surface area contributed by atoms with Crippen LogP contribution in [0, 0.1) is 0 Å². The summed E-state index contributed by atoms with van der Waals surface area (Å²) in [6, 6.07) is 9.60. The number of amides is 1. The van der Waals surface area contributed by atoms with Crippen molar-refractivity contribution in [3.8, 4) is 0 Å². The number of hydrogen-bond acceptors (Lipinski definition) is 3.